The van der Waals surface area contributed by atoms with Gasteiger partial charge in [-0.15, -0.1) is 11.3 Å². The van der Waals surface area contributed by atoms with Gasteiger partial charge in [0.2, 0.25) is 5.13 Å². The summed E-state index contributed by atoms with van der Waals surface area (Å²) in [7, 11) is 0. The molecule has 0 aliphatic heterocycles. The average molecular weight is 279 g/mol. The lowest BCUT2D eigenvalue weighted by Gasteiger charge is -2.03. The highest BCUT2D eigenvalue weighted by molar-refractivity contribution is 7.13. The standard InChI is InChI=1S/C12H13N3O3S/c1-6-5-19-12(13-6)15-14-8(3)10-9(16)4-7(2)18-11(10)17/h4-5,16H,1-3H3,(H,13,15)/b14-8+. The number of rotatable bonds is 3. The summed E-state index contributed by atoms with van der Waals surface area (Å²) in [5.74, 6) is 0.203. The molecule has 19 heavy (non-hydrogen) atoms. The van der Waals surface area contributed by atoms with Crippen molar-refractivity contribution in [3.63, 3.8) is 0 Å². The van der Waals surface area contributed by atoms with Gasteiger partial charge in [0, 0.05) is 11.4 Å². The van der Waals surface area contributed by atoms with Crippen LogP contribution in [-0.2, 0) is 0 Å². The molecular formula is C12H13N3O3S. The van der Waals surface area contributed by atoms with Crippen molar-refractivity contribution >= 4 is 22.2 Å². The first kappa shape index (κ1) is 13.3. The van der Waals surface area contributed by atoms with Crippen LogP contribution < -0.4 is 11.1 Å². The van der Waals surface area contributed by atoms with E-state index in [1.54, 1.807) is 13.8 Å². The smallest absolute Gasteiger partial charge is 0.348 e. The normalized spacial score (nSPS) is 11.6. The highest BCUT2D eigenvalue weighted by atomic mass is 32.1. The molecule has 0 aliphatic rings. The third kappa shape index (κ3) is 3.00. The molecule has 0 saturated heterocycles. The highest BCUT2D eigenvalue weighted by Gasteiger charge is 2.13. The second-order valence-corrected chi connectivity index (χ2v) is 4.87. The predicted molar refractivity (Wildman–Crippen MR) is 74.1 cm³/mol. The van der Waals surface area contributed by atoms with Crippen molar-refractivity contribution in [2.24, 2.45) is 5.10 Å². The fraction of sp³-hybridized carbons (Fsp3) is 0.250. The number of aryl methyl sites for hydroxylation is 2. The molecule has 6 nitrogen and oxygen atoms in total. The zero-order valence-corrected chi connectivity index (χ0v) is 11.5. The van der Waals surface area contributed by atoms with Crippen molar-refractivity contribution in [3.05, 3.63) is 38.9 Å². The van der Waals surface area contributed by atoms with Crippen molar-refractivity contribution in [3.8, 4) is 5.75 Å². The molecule has 0 radical (unpaired) electrons. The molecule has 0 aliphatic carbocycles. The molecule has 7 heteroatoms. The van der Waals surface area contributed by atoms with Gasteiger partial charge in [0.15, 0.2) is 0 Å². The molecule has 0 bridgehead atoms. The Bertz CT molecular complexity index is 688. The van der Waals surface area contributed by atoms with Gasteiger partial charge in [0.1, 0.15) is 17.1 Å². The maximum atomic E-state index is 11.7. The van der Waals surface area contributed by atoms with Crippen molar-refractivity contribution < 1.29 is 9.52 Å². The van der Waals surface area contributed by atoms with Crippen LogP contribution in [0, 0.1) is 13.8 Å². The lowest BCUT2D eigenvalue weighted by molar-refractivity contribution is 0.432. The molecular weight excluding hydrogens is 266 g/mol. The van der Waals surface area contributed by atoms with Gasteiger partial charge in [0.25, 0.3) is 0 Å². The maximum absolute atomic E-state index is 11.7. The minimum Gasteiger partial charge on any atom is -0.507 e. The molecule has 2 rings (SSSR count). The maximum Gasteiger partial charge on any atom is 0.348 e. The van der Waals surface area contributed by atoms with Gasteiger partial charge in [-0.05, 0) is 20.8 Å². The number of thiazole rings is 1. The number of hydrogen-bond donors (Lipinski definition) is 2. The number of nitrogens with one attached hydrogen (secondary N) is 1. The third-order valence-corrected chi connectivity index (χ3v) is 3.22. The van der Waals surface area contributed by atoms with Gasteiger partial charge in [-0.25, -0.2) is 9.78 Å². The fourth-order valence-electron chi connectivity index (χ4n) is 1.52. The van der Waals surface area contributed by atoms with E-state index in [0.29, 0.717) is 16.6 Å². The van der Waals surface area contributed by atoms with Crippen molar-refractivity contribution in [1.82, 2.24) is 4.98 Å². The molecule has 2 aromatic rings. The van der Waals surface area contributed by atoms with E-state index in [1.165, 1.54) is 17.4 Å². The fourth-order valence-corrected chi connectivity index (χ4v) is 2.15. The first-order chi connectivity index (χ1) is 8.97. The van der Waals surface area contributed by atoms with Gasteiger partial charge < -0.3 is 9.52 Å². The van der Waals surface area contributed by atoms with Crippen molar-refractivity contribution in [2.45, 2.75) is 20.8 Å². The zero-order chi connectivity index (χ0) is 14.0. The Labute approximate surface area is 113 Å². The number of anilines is 1. The molecule has 0 atom stereocenters. The van der Waals surface area contributed by atoms with E-state index in [0.717, 1.165) is 5.69 Å². The number of hydrazone groups is 1. The van der Waals surface area contributed by atoms with Crippen LogP contribution in [0.1, 0.15) is 23.9 Å². The van der Waals surface area contributed by atoms with Crippen LogP contribution in [0.3, 0.4) is 0 Å². The third-order valence-electron chi connectivity index (χ3n) is 2.35. The molecule has 2 aromatic heterocycles. The predicted octanol–water partition coefficient (Wildman–Crippen LogP) is 2.25. The molecule has 0 fully saturated rings. The van der Waals surface area contributed by atoms with E-state index in [9.17, 15) is 9.90 Å². The van der Waals surface area contributed by atoms with Crippen LogP contribution in [0.2, 0.25) is 0 Å². The Morgan fingerprint density at radius 3 is 2.84 bits per heavy atom. The second kappa shape index (κ2) is 5.23. The van der Waals surface area contributed by atoms with Crippen LogP contribution in [0.5, 0.6) is 5.75 Å². The summed E-state index contributed by atoms with van der Waals surface area (Å²) in [6.45, 7) is 5.07. The van der Waals surface area contributed by atoms with Gasteiger partial charge >= 0.3 is 5.63 Å². The SMILES string of the molecule is C/C(=N\Nc1nc(C)cs1)c1c(O)cc(C)oc1=O. The molecule has 0 unspecified atom stereocenters. The van der Waals surface area contributed by atoms with Gasteiger partial charge in [-0.2, -0.15) is 5.10 Å². The van der Waals surface area contributed by atoms with Crippen molar-refractivity contribution in [1.29, 1.82) is 0 Å². The summed E-state index contributed by atoms with van der Waals surface area (Å²) in [6, 6.07) is 1.38. The molecule has 0 amide bonds. The highest BCUT2D eigenvalue weighted by Crippen LogP contribution is 2.17. The monoisotopic (exact) mass is 279 g/mol. The Kier molecular flexibility index (Phi) is 3.66. The minimum absolute atomic E-state index is 0.0476. The van der Waals surface area contributed by atoms with Gasteiger partial charge in [0.05, 0.1) is 11.4 Å². The lowest BCUT2D eigenvalue weighted by atomic mass is 10.2. The molecule has 2 N–H and O–H groups in total. The summed E-state index contributed by atoms with van der Waals surface area (Å²) in [5, 5.41) is 16.3. The van der Waals surface area contributed by atoms with E-state index >= 15 is 0 Å². The van der Waals surface area contributed by atoms with Crippen LogP contribution >= 0.6 is 11.3 Å². The lowest BCUT2D eigenvalue weighted by Crippen LogP contribution is -2.14. The summed E-state index contributed by atoms with van der Waals surface area (Å²) in [4.78, 5) is 15.8. The van der Waals surface area contributed by atoms with E-state index in [1.807, 2.05) is 12.3 Å². The largest absolute Gasteiger partial charge is 0.507 e. The van der Waals surface area contributed by atoms with Crippen LogP contribution in [-0.4, -0.2) is 15.8 Å². The van der Waals surface area contributed by atoms with Gasteiger partial charge in [-0.1, -0.05) is 0 Å². The first-order valence-corrected chi connectivity index (χ1v) is 6.42. The summed E-state index contributed by atoms with van der Waals surface area (Å²) in [6.07, 6.45) is 0. The molecule has 0 aromatic carbocycles. The quantitative estimate of drug-likeness (QED) is 0.664. The Balaban J connectivity index is 2.29. The summed E-state index contributed by atoms with van der Waals surface area (Å²) < 4.78 is 4.93. The molecule has 0 saturated carbocycles. The Morgan fingerprint density at radius 2 is 2.26 bits per heavy atom. The first-order valence-electron chi connectivity index (χ1n) is 5.54. The average Bonchev–Trinajstić information content (AvgIpc) is 2.71. The van der Waals surface area contributed by atoms with Gasteiger partial charge in [-0.3, -0.25) is 5.43 Å². The summed E-state index contributed by atoms with van der Waals surface area (Å²) >= 11 is 1.40. The molecule has 2 heterocycles. The minimum atomic E-state index is -0.615. The molecule has 0 spiro atoms. The van der Waals surface area contributed by atoms with E-state index < -0.39 is 5.63 Å². The topological polar surface area (TPSA) is 87.7 Å². The van der Waals surface area contributed by atoms with E-state index in [-0.39, 0.29) is 11.3 Å². The Hall–Kier alpha value is -2.15. The van der Waals surface area contributed by atoms with Crippen molar-refractivity contribution in [2.75, 3.05) is 5.43 Å². The number of aromatic nitrogens is 1. The Morgan fingerprint density at radius 1 is 1.53 bits per heavy atom. The van der Waals surface area contributed by atoms with E-state index in [2.05, 4.69) is 15.5 Å². The number of aromatic hydroxyl groups is 1. The second-order valence-electron chi connectivity index (χ2n) is 4.01. The summed E-state index contributed by atoms with van der Waals surface area (Å²) in [5.41, 5.74) is 3.39. The van der Waals surface area contributed by atoms with E-state index in [4.69, 9.17) is 4.42 Å². The zero-order valence-electron chi connectivity index (χ0n) is 10.7. The number of nitrogens with zero attached hydrogens (tertiary/aromatic N) is 2. The van der Waals surface area contributed by atoms with Crippen LogP contribution in [0.25, 0.3) is 0 Å². The number of hydrogen-bond acceptors (Lipinski definition) is 7. The molecule has 100 valence electrons. The van der Waals surface area contributed by atoms with Crippen LogP contribution in [0.15, 0.2) is 25.8 Å². The van der Waals surface area contributed by atoms with Crippen LogP contribution in [0.4, 0.5) is 5.13 Å².